The first-order chi connectivity index (χ1) is 19.4. The Morgan fingerprint density at radius 2 is 1.30 bits per heavy atom. The van der Waals surface area contributed by atoms with E-state index in [9.17, 15) is 19.2 Å². The summed E-state index contributed by atoms with van der Waals surface area (Å²) in [6.07, 6.45) is 1.32. The Kier molecular flexibility index (Phi) is 9.52. The molecule has 0 aliphatic heterocycles. The second-order valence-electron chi connectivity index (χ2n) is 8.17. The molecule has 0 aromatic heterocycles. The van der Waals surface area contributed by atoms with Gasteiger partial charge in [-0.05, 0) is 76.1 Å². The van der Waals surface area contributed by atoms with Crippen LogP contribution in [0.25, 0.3) is 0 Å². The third-order valence-electron chi connectivity index (χ3n) is 5.32. The van der Waals surface area contributed by atoms with E-state index in [4.69, 9.17) is 9.47 Å². The molecule has 0 saturated heterocycles. The molecule has 4 aromatic carbocycles. The average molecular weight is 600 g/mol. The van der Waals surface area contributed by atoms with E-state index in [1.807, 2.05) is 0 Å². The standard InChI is InChI=1S/C30H22BrN3O6/c31-24-14-8-7-13-23(24)28(36)32-19-27(35)34-33-18-20-15-16-25(39-29(37)21-9-3-1-4-10-21)26(17-20)40-30(38)22-11-5-2-6-12-22/h1-18H,19H2,(H,32,36)(H,34,35)/b33-18-. The molecule has 0 fully saturated rings. The summed E-state index contributed by atoms with van der Waals surface area (Å²) in [6.45, 7) is -0.300. The molecule has 4 rings (SSSR count). The molecule has 2 amide bonds. The van der Waals surface area contributed by atoms with Crippen LogP contribution >= 0.6 is 15.9 Å². The molecule has 0 atom stereocenters. The summed E-state index contributed by atoms with van der Waals surface area (Å²) in [5, 5.41) is 6.41. The van der Waals surface area contributed by atoms with Crippen LogP contribution in [0.1, 0.15) is 36.6 Å². The SMILES string of the molecule is O=C(CNC(=O)c1ccccc1Br)N/N=C\c1ccc(OC(=O)c2ccccc2)c(OC(=O)c2ccccc2)c1. The van der Waals surface area contributed by atoms with Gasteiger partial charge in [0.15, 0.2) is 11.5 Å². The lowest BCUT2D eigenvalue weighted by molar-refractivity contribution is -0.120. The van der Waals surface area contributed by atoms with Gasteiger partial charge in [0.25, 0.3) is 11.8 Å². The predicted molar refractivity (Wildman–Crippen MR) is 151 cm³/mol. The number of benzene rings is 4. The number of hydrazone groups is 1. The lowest BCUT2D eigenvalue weighted by Gasteiger charge is -2.11. The van der Waals surface area contributed by atoms with E-state index < -0.39 is 23.8 Å². The number of nitrogens with one attached hydrogen (secondary N) is 2. The topological polar surface area (TPSA) is 123 Å². The number of hydrogen-bond acceptors (Lipinski definition) is 7. The fraction of sp³-hybridized carbons (Fsp3) is 0.0333. The highest BCUT2D eigenvalue weighted by Crippen LogP contribution is 2.30. The van der Waals surface area contributed by atoms with Crippen LogP contribution in [-0.2, 0) is 4.79 Å². The van der Waals surface area contributed by atoms with Crippen LogP contribution in [0.2, 0.25) is 0 Å². The number of hydrogen-bond donors (Lipinski definition) is 2. The van der Waals surface area contributed by atoms with E-state index in [1.165, 1.54) is 18.3 Å². The minimum absolute atomic E-state index is 0.0193. The van der Waals surface area contributed by atoms with Gasteiger partial charge in [-0.15, -0.1) is 0 Å². The Hall–Kier alpha value is -5.09. The van der Waals surface area contributed by atoms with Crippen LogP contribution in [0.4, 0.5) is 0 Å². The second kappa shape index (κ2) is 13.6. The summed E-state index contributed by atoms with van der Waals surface area (Å²) in [7, 11) is 0. The maximum Gasteiger partial charge on any atom is 0.343 e. The number of ether oxygens (including phenoxy) is 2. The Morgan fingerprint density at radius 3 is 1.93 bits per heavy atom. The number of amides is 2. The van der Waals surface area contributed by atoms with Gasteiger partial charge in [-0.25, -0.2) is 15.0 Å². The third kappa shape index (κ3) is 7.71. The smallest absolute Gasteiger partial charge is 0.343 e. The molecule has 0 radical (unpaired) electrons. The molecule has 0 spiro atoms. The molecular formula is C30H22BrN3O6. The van der Waals surface area contributed by atoms with Crippen molar-refractivity contribution in [1.82, 2.24) is 10.7 Å². The van der Waals surface area contributed by atoms with Crippen molar-refractivity contribution in [2.24, 2.45) is 5.10 Å². The maximum atomic E-state index is 12.7. The van der Waals surface area contributed by atoms with Gasteiger partial charge < -0.3 is 14.8 Å². The van der Waals surface area contributed by atoms with Gasteiger partial charge in [0.1, 0.15) is 0 Å². The monoisotopic (exact) mass is 599 g/mol. The molecule has 0 aliphatic carbocycles. The van der Waals surface area contributed by atoms with Crippen molar-refractivity contribution in [3.05, 3.63) is 130 Å². The minimum Gasteiger partial charge on any atom is -0.419 e. The van der Waals surface area contributed by atoms with Crippen molar-refractivity contribution < 1.29 is 28.7 Å². The summed E-state index contributed by atoms with van der Waals surface area (Å²) >= 11 is 3.29. The number of carbonyl (C=O) groups is 4. The summed E-state index contributed by atoms with van der Waals surface area (Å²) in [5.41, 5.74) is 3.78. The van der Waals surface area contributed by atoms with Crippen LogP contribution < -0.4 is 20.2 Å². The van der Waals surface area contributed by atoms with E-state index in [-0.39, 0.29) is 18.0 Å². The zero-order chi connectivity index (χ0) is 28.3. The first kappa shape index (κ1) is 27.9. The fourth-order valence-electron chi connectivity index (χ4n) is 3.35. The number of carbonyl (C=O) groups excluding carboxylic acids is 4. The average Bonchev–Trinajstić information content (AvgIpc) is 2.98. The predicted octanol–water partition coefficient (Wildman–Crippen LogP) is 4.77. The summed E-state index contributed by atoms with van der Waals surface area (Å²) in [5.74, 6) is -2.25. The third-order valence-corrected chi connectivity index (χ3v) is 6.01. The number of esters is 2. The van der Waals surface area contributed by atoms with Gasteiger partial charge >= 0.3 is 11.9 Å². The number of nitrogens with zero attached hydrogens (tertiary/aromatic N) is 1. The molecule has 200 valence electrons. The molecule has 0 unspecified atom stereocenters. The molecule has 0 saturated carbocycles. The van der Waals surface area contributed by atoms with E-state index in [0.717, 1.165) is 0 Å². The van der Waals surface area contributed by atoms with Crippen molar-refractivity contribution in [3.63, 3.8) is 0 Å². The van der Waals surface area contributed by atoms with Gasteiger partial charge in [-0.1, -0.05) is 48.5 Å². The highest BCUT2D eigenvalue weighted by Gasteiger charge is 2.17. The van der Waals surface area contributed by atoms with E-state index >= 15 is 0 Å². The largest absolute Gasteiger partial charge is 0.419 e. The normalized spacial score (nSPS) is 10.5. The first-order valence-corrected chi connectivity index (χ1v) is 12.7. The number of halogens is 1. The van der Waals surface area contributed by atoms with Crippen molar-refractivity contribution in [1.29, 1.82) is 0 Å². The molecule has 0 bridgehead atoms. The quantitative estimate of drug-likeness (QED) is 0.124. The lowest BCUT2D eigenvalue weighted by atomic mass is 10.2. The Bertz CT molecular complexity index is 1560. The van der Waals surface area contributed by atoms with Crippen LogP contribution in [0, 0.1) is 0 Å². The molecule has 4 aromatic rings. The van der Waals surface area contributed by atoms with Crippen LogP contribution in [0.5, 0.6) is 11.5 Å². The summed E-state index contributed by atoms with van der Waals surface area (Å²) < 4.78 is 11.6. The molecule has 40 heavy (non-hydrogen) atoms. The van der Waals surface area contributed by atoms with Crippen molar-refractivity contribution in [3.8, 4) is 11.5 Å². The van der Waals surface area contributed by atoms with Gasteiger partial charge in [-0.3, -0.25) is 9.59 Å². The summed E-state index contributed by atoms with van der Waals surface area (Å²) in [4.78, 5) is 49.7. The van der Waals surface area contributed by atoms with Gasteiger partial charge in [-0.2, -0.15) is 5.10 Å². The molecule has 0 aliphatic rings. The van der Waals surface area contributed by atoms with Crippen LogP contribution in [0.3, 0.4) is 0 Å². The summed E-state index contributed by atoms with van der Waals surface area (Å²) in [6, 6.07) is 28.0. The van der Waals surface area contributed by atoms with Crippen molar-refractivity contribution in [2.45, 2.75) is 0 Å². The zero-order valence-electron chi connectivity index (χ0n) is 20.9. The van der Waals surface area contributed by atoms with Crippen molar-refractivity contribution in [2.75, 3.05) is 6.54 Å². The second-order valence-corrected chi connectivity index (χ2v) is 9.03. The van der Waals surface area contributed by atoms with Crippen molar-refractivity contribution >= 4 is 45.9 Å². The number of rotatable bonds is 9. The molecule has 9 nitrogen and oxygen atoms in total. The molecular weight excluding hydrogens is 578 g/mol. The van der Waals surface area contributed by atoms with Crippen LogP contribution in [0.15, 0.2) is 113 Å². The maximum absolute atomic E-state index is 12.7. The highest BCUT2D eigenvalue weighted by molar-refractivity contribution is 9.10. The lowest BCUT2D eigenvalue weighted by Crippen LogP contribution is -2.35. The molecule has 10 heteroatoms. The fourth-order valence-corrected chi connectivity index (χ4v) is 3.82. The van der Waals surface area contributed by atoms with E-state index in [2.05, 4.69) is 31.8 Å². The van der Waals surface area contributed by atoms with Crippen LogP contribution in [-0.4, -0.2) is 36.5 Å². The van der Waals surface area contributed by atoms with Gasteiger partial charge in [0, 0.05) is 4.47 Å². The molecule has 0 heterocycles. The minimum atomic E-state index is -0.652. The van der Waals surface area contributed by atoms with Gasteiger partial charge in [0.2, 0.25) is 0 Å². The van der Waals surface area contributed by atoms with Gasteiger partial charge in [0.05, 0.1) is 29.4 Å². The first-order valence-electron chi connectivity index (χ1n) is 11.9. The Balaban J connectivity index is 1.44. The van der Waals surface area contributed by atoms with E-state index in [1.54, 1.807) is 91.0 Å². The Labute approximate surface area is 237 Å². The molecule has 2 N–H and O–H groups in total. The highest BCUT2D eigenvalue weighted by atomic mass is 79.9. The van der Waals surface area contributed by atoms with E-state index in [0.29, 0.717) is 26.7 Å². The Morgan fingerprint density at radius 1 is 0.725 bits per heavy atom. The zero-order valence-corrected chi connectivity index (χ0v) is 22.5.